The van der Waals surface area contributed by atoms with Crippen LogP contribution in [0.25, 0.3) is 0 Å². The van der Waals surface area contributed by atoms with Gasteiger partial charge in [0.2, 0.25) is 17.6 Å². The SMILES string of the molecule is CCC[C@H](CC(=O)[C@@H]1C[C@]2(CC(c3cccc(Cl)c3)=NO2)CN1C(=O)[C@@H](CC(=O)CC1CCCCC1)C(C)(C)C)C(=O)C(=O)CCc1cc(OC)cc(OC)c1.CCC[C@H](CC(=O)[C@@H]1C[C@]2(CC(c3cccc(Cl)c3)=NO2)CN1C(=O)[C@@H](CC(=O)CC1CCCCC1)C(C)(C)C)C(O)C(=O)CCc1cc(OC)cc(OC)c1. The molecule has 0 radical (unpaired) electrons. The van der Waals surface area contributed by atoms with Crippen molar-refractivity contribution in [2.24, 2.45) is 56.6 Å². The summed E-state index contributed by atoms with van der Waals surface area (Å²) in [5.74, 6) is -2.06. The number of amides is 2. The number of aryl methyl sites for hydroxylation is 2. The Balaban J connectivity index is 0.000000257. The van der Waals surface area contributed by atoms with Crippen molar-refractivity contribution < 1.29 is 76.9 Å². The average Bonchev–Trinajstić information content (AvgIpc) is 1.60. The number of halogens is 2. The molecule has 6 aliphatic rings. The van der Waals surface area contributed by atoms with E-state index in [2.05, 4.69) is 10.3 Å². The molecule has 9 atom stereocenters. The highest BCUT2D eigenvalue weighted by atomic mass is 35.5. The number of rotatable bonds is 36. The first kappa shape index (κ1) is 88.1. The second kappa shape index (κ2) is 40.0. The van der Waals surface area contributed by atoms with Gasteiger partial charge >= 0.3 is 0 Å². The first-order valence-corrected chi connectivity index (χ1v) is 41.5. The summed E-state index contributed by atoms with van der Waals surface area (Å²) in [5, 5.41) is 21.4. The lowest BCUT2D eigenvalue weighted by Crippen LogP contribution is -2.48. The Morgan fingerprint density at radius 1 is 0.536 bits per heavy atom. The van der Waals surface area contributed by atoms with E-state index in [0.717, 1.165) is 73.6 Å². The number of aliphatic hydroxyl groups is 1. The number of aliphatic hydroxyl groups excluding tert-OH is 1. The van der Waals surface area contributed by atoms with Crippen molar-refractivity contribution in [1.82, 2.24) is 9.80 Å². The first-order valence-electron chi connectivity index (χ1n) is 40.7. The normalized spacial score (nSPS) is 21.3. The average molecular weight is 1580 g/mol. The van der Waals surface area contributed by atoms with Crippen LogP contribution in [0, 0.1) is 46.3 Å². The second-order valence-electron chi connectivity index (χ2n) is 34.6. The Morgan fingerprint density at radius 2 is 0.938 bits per heavy atom. The maximum atomic E-state index is 14.8. The summed E-state index contributed by atoms with van der Waals surface area (Å²) >= 11 is 12.6. The molecule has 4 aliphatic heterocycles. The van der Waals surface area contributed by atoms with Gasteiger partial charge in [-0.25, -0.2) is 0 Å². The Bertz CT molecular complexity index is 4010. The number of ether oxygens (including phenoxy) is 4. The van der Waals surface area contributed by atoms with Crippen molar-refractivity contribution in [3.8, 4) is 23.0 Å². The van der Waals surface area contributed by atoms with Crippen LogP contribution in [0.15, 0.2) is 95.2 Å². The predicted molar refractivity (Wildman–Crippen MR) is 433 cm³/mol. The molecule has 2 saturated carbocycles. The lowest BCUT2D eigenvalue weighted by molar-refractivity contribution is -0.147. The number of methoxy groups -OCH3 is 4. The van der Waals surface area contributed by atoms with Crippen LogP contribution in [0.5, 0.6) is 23.0 Å². The fraction of sp³-hybridized carbons (Fsp3) is 0.611. The monoisotopic (exact) mass is 1580 g/mol. The van der Waals surface area contributed by atoms with Gasteiger partial charge in [0.05, 0.1) is 65.0 Å². The summed E-state index contributed by atoms with van der Waals surface area (Å²) in [4.78, 5) is 142. The smallest absolute Gasteiger partial charge is 0.227 e. The van der Waals surface area contributed by atoms with Crippen LogP contribution in [0.4, 0.5) is 0 Å². The molecule has 10 rings (SSSR count). The van der Waals surface area contributed by atoms with Gasteiger partial charge in [-0.2, -0.15) is 0 Å². The summed E-state index contributed by atoms with van der Waals surface area (Å²) in [6.07, 6.45) is 14.5. The molecule has 4 aromatic rings. The Hall–Kier alpha value is -7.81. The highest BCUT2D eigenvalue weighted by molar-refractivity contribution is 6.38. The quantitative estimate of drug-likeness (QED) is 0.0415. The van der Waals surface area contributed by atoms with Crippen molar-refractivity contribution in [3.63, 3.8) is 0 Å². The maximum absolute atomic E-state index is 14.8. The molecule has 2 saturated heterocycles. The molecule has 610 valence electrons. The van der Waals surface area contributed by atoms with E-state index in [9.17, 15) is 48.3 Å². The Kier molecular flexibility index (Phi) is 31.5. The van der Waals surface area contributed by atoms with Gasteiger partial charge in [-0.15, -0.1) is 0 Å². The molecular formula is C90H120Cl2N4O16. The van der Waals surface area contributed by atoms with E-state index >= 15 is 0 Å². The van der Waals surface area contributed by atoms with E-state index in [1.54, 1.807) is 80.7 Å². The fourth-order valence-electron chi connectivity index (χ4n) is 17.5. The van der Waals surface area contributed by atoms with Gasteiger partial charge in [-0.05, 0) is 114 Å². The van der Waals surface area contributed by atoms with Gasteiger partial charge in [0.15, 0.2) is 34.3 Å². The van der Waals surface area contributed by atoms with Crippen molar-refractivity contribution in [2.45, 2.75) is 265 Å². The number of carbonyl (C=O) groups is 9. The highest BCUT2D eigenvalue weighted by Gasteiger charge is 2.57. The van der Waals surface area contributed by atoms with Gasteiger partial charge in [-0.3, -0.25) is 43.2 Å². The van der Waals surface area contributed by atoms with Crippen LogP contribution in [0.1, 0.15) is 245 Å². The molecule has 1 N–H and O–H groups in total. The lowest BCUT2D eigenvalue weighted by atomic mass is 9.75. The van der Waals surface area contributed by atoms with E-state index in [1.807, 2.05) is 97.9 Å². The zero-order valence-corrected chi connectivity index (χ0v) is 69.6. The van der Waals surface area contributed by atoms with Crippen molar-refractivity contribution in [3.05, 3.63) is 117 Å². The van der Waals surface area contributed by atoms with Crippen LogP contribution < -0.4 is 18.9 Å². The zero-order chi connectivity index (χ0) is 81.2. The minimum Gasteiger partial charge on any atom is -0.497 e. The molecule has 112 heavy (non-hydrogen) atoms. The van der Waals surface area contributed by atoms with E-state index in [0.29, 0.717) is 121 Å². The maximum Gasteiger partial charge on any atom is 0.227 e. The summed E-state index contributed by atoms with van der Waals surface area (Å²) in [6, 6.07) is 23.6. The van der Waals surface area contributed by atoms with E-state index < -0.39 is 75.5 Å². The molecule has 22 heteroatoms. The first-order chi connectivity index (χ1) is 53.3. The van der Waals surface area contributed by atoms with Crippen molar-refractivity contribution in [1.29, 1.82) is 0 Å². The minimum absolute atomic E-state index is 0.0275. The number of nitrogens with zero attached hydrogens (tertiary/aromatic N) is 4. The van der Waals surface area contributed by atoms with Gasteiger partial charge in [0, 0.05) is 128 Å². The topological polar surface area (TPSA) is 260 Å². The third-order valence-electron chi connectivity index (χ3n) is 23.9. The van der Waals surface area contributed by atoms with E-state index in [4.69, 9.17) is 51.8 Å². The largest absolute Gasteiger partial charge is 0.497 e. The van der Waals surface area contributed by atoms with Gasteiger partial charge < -0.3 is 43.5 Å². The summed E-state index contributed by atoms with van der Waals surface area (Å²) in [7, 11) is 6.22. The summed E-state index contributed by atoms with van der Waals surface area (Å²) in [6.45, 7) is 15.9. The standard InChI is InChI=1S/C45H61ClN2O8.C45H59ClN2O8/c2*1-7-12-32(42(52)40(50)18-17-30-20-35(54-5)25-36(21-30)55-6)23-41(51)39-27-45(26-38(47-56-45)31-15-11-16-33(46)22-31)28-48(39)43(53)37(44(2,3)4)24-34(49)19-29-13-9-8-10-14-29/h11,15-16,20-22,25,29,32,37,39,42,52H,7-10,12-14,17-19,23-24,26-28H2,1-6H3;11,15-16,20-22,25,29,32,37,39H,7-10,12-14,17-19,23-24,26-28H2,1-6H3/t32-,37-,39+,42?,45-;32-,37-,39+,45-/m11/s1. The number of ketones is 7. The number of benzene rings is 4. The number of carbonyl (C=O) groups excluding carboxylic acids is 9. The van der Waals surface area contributed by atoms with Crippen LogP contribution in [-0.4, -0.2) is 150 Å². The molecule has 0 bridgehead atoms. The number of likely N-dealkylation sites (tertiary alicyclic amines) is 2. The number of Topliss-reactive ketones (excluding diaryl/α,β-unsaturated/α-hetero) is 7. The Labute approximate surface area is 672 Å². The van der Waals surface area contributed by atoms with E-state index in [-0.39, 0.29) is 105 Å². The molecule has 2 spiro atoms. The third kappa shape index (κ3) is 23.7. The van der Waals surface area contributed by atoms with Crippen molar-refractivity contribution >= 4 is 86.9 Å². The fourth-order valence-corrected chi connectivity index (χ4v) is 17.9. The molecule has 1 unspecified atom stereocenters. The molecule has 2 amide bonds. The van der Waals surface area contributed by atoms with Gasteiger partial charge in [0.1, 0.15) is 40.7 Å². The second-order valence-corrected chi connectivity index (χ2v) is 35.5. The summed E-state index contributed by atoms with van der Waals surface area (Å²) in [5.41, 5.74) is 1.53. The highest BCUT2D eigenvalue weighted by Crippen LogP contribution is 2.46. The van der Waals surface area contributed by atoms with Gasteiger partial charge in [-0.1, -0.05) is 190 Å². The molecule has 20 nitrogen and oxygen atoms in total. The molecule has 2 aliphatic carbocycles. The minimum atomic E-state index is -1.36. The number of oxime groups is 2. The molecule has 4 heterocycles. The van der Waals surface area contributed by atoms with Gasteiger partial charge in [0.25, 0.3) is 0 Å². The summed E-state index contributed by atoms with van der Waals surface area (Å²) < 4.78 is 21.5. The lowest BCUT2D eigenvalue weighted by Gasteiger charge is -2.35. The van der Waals surface area contributed by atoms with Crippen LogP contribution in [0.2, 0.25) is 10.0 Å². The molecular weight excluding hydrogens is 1460 g/mol. The van der Waals surface area contributed by atoms with Crippen LogP contribution in [-0.2, 0) is 65.7 Å². The van der Waals surface area contributed by atoms with E-state index in [1.165, 1.54) is 12.8 Å². The third-order valence-corrected chi connectivity index (χ3v) is 24.4. The van der Waals surface area contributed by atoms with Crippen LogP contribution in [0.3, 0.4) is 0 Å². The zero-order valence-electron chi connectivity index (χ0n) is 68.1. The Morgan fingerprint density at radius 3 is 1.32 bits per heavy atom. The molecule has 4 aromatic carbocycles. The number of hydrogen-bond donors (Lipinski definition) is 1. The molecule has 4 fully saturated rings. The predicted octanol–water partition coefficient (Wildman–Crippen LogP) is 16.9. The molecule has 0 aromatic heterocycles. The van der Waals surface area contributed by atoms with Crippen LogP contribution >= 0.6 is 23.2 Å². The van der Waals surface area contributed by atoms with Crippen molar-refractivity contribution in [2.75, 3.05) is 41.5 Å². The number of hydrogen-bond acceptors (Lipinski definition) is 18.